The third-order valence-electron chi connectivity index (χ3n) is 2.19. The molecule has 76 valence electrons. The molecule has 1 aromatic carbocycles. The normalized spacial score (nSPS) is 14.8. The highest BCUT2D eigenvalue weighted by Crippen LogP contribution is 2.26. The molecule has 0 aliphatic carbocycles. The highest BCUT2D eigenvalue weighted by molar-refractivity contribution is 9.10. The Balaban J connectivity index is 3.13. The summed E-state index contributed by atoms with van der Waals surface area (Å²) in [4.78, 5) is 10.9. The summed E-state index contributed by atoms with van der Waals surface area (Å²) in [5.41, 5.74) is -1.38. The lowest BCUT2D eigenvalue weighted by Crippen LogP contribution is -2.34. The average molecular weight is 259 g/mol. The third kappa shape index (κ3) is 1.96. The molecule has 4 heteroatoms. The number of aliphatic carboxylic acids is 1. The van der Waals surface area contributed by atoms with Crippen molar-refractivity contribution in [2.75, 3.05) is 0 Å². The Morgan fingerprint density at radius 2 is 1.93 bits per heavy atom. The lowest BCUT2D eigenvalue weighted by Gasteiger charge is -2.21. The molecule has 0 amide bonds. The highest BCUT2D eigenvalue weighted by atomic mass is 79.9. The predicted molar refractivity (Wildman–Crippen MR) is 56.0 cm³/mol. The molecule has 1 rings (SSSR count). The molecule has 0 aromatic heterocycles. The fourth-order valence-electron chi connectivity index (χ4n) is 1.20. The maximum atomic E-state index is 10.9. The molecule has 0 bridgehead atoms. The Kier molecular flexibility index (Phi) is 3.29. The van der Waals surface area contributed by atoms with Gasteiger partial charge in [0.25, 0.3) is 0 Å². The number of carboxylic acid groups (broad SMARTS) is 1. The topological polar surface area (TPSA) is 57.5 Å². The van der Waals surface area contributed by atoms with E-state index in [4.69, 9.17) is 5.11 Å². The van der Waals surface area contributed by atoms with Gasteiger partial charge in [0.05, 0.1) is 0 Å². The molecule has 1 unspecified atom stereocenters. The van der Waals surface area contributed by atoms with Crippen molar-refractivity contribution in [3.63, 3.8) is 0 Å². The van der Waals surface area contributed by atoms with Crippen LogP contribution in [0, 0.1) is 0 Å². The Bertz CT molecular complexity index is 334. The smallest absolute Gasteiger partial charge is 0.340 e. The zero-order valence-corrected chi connectivity index (χ0v) is 9.28. The molecule has 0 saturated carbocycles. The van der Waals surface area contributed by atoms with Crippen LogP contribution in [0.2, 0.25) is 0 Å². The van der Waals surface area contributed by atoms with Crippen molar-refractivity contribution in [1.29, 1.82) is 0 Å². The molecule has 2 N–H and O–H groups in total. The predicted octanol–water partition coefficient (Wildman–Crippen LogP) is 2.13. The molecule has 0 saturated heterocycles. The number of carbonyl (C=O) groups is 1. The van der Waals surface area contributed by atoms with Crippen molar-refractivity contribution < 1.29 is 15.0 Å². The second-order valence-corrected chi connectivity index (χ2v) is 3.94. The SMILES string of the molecule is CCC(O)(C(=O)O)c1ccc(Br)cc1. The van der Waals surface area contributed by atoms with Gasteiger partial charge in [-0.05, 0) is 24.1 Å². The Morgan fingerprint density at radius 1 is 1.43 bits per heavy atom. The van der Waals surface area contributed by atoms with E-state index in [2.05, 4.69) is 15.9 Å². The molecular formula is C10H11BrO3. The first-order chi connectivity index (χ1) is 6.50. The summed E-state index contributed by atoms with van der Waals surface area (Å²) >= 11 is 3.24. The van der Waals surface area contributed by atoms with Crippen LogP contribution in [0.5, 0.6) is 0 Å². The summed E-state index contributed by atoms with van der Waals surface area (Å²) < 4.78 is 0.852. The molecule has 3 nitrogen and oxygen atoms in total. The number of rotatable bonds is 3. The molecular weight excluding hydrogens is 248 g/mol. The van der Waals surface area contributed by atoms with Crippen molar-refractivity contribution in [3.8, 4) is 0 Å². The number of aliphatic hydroxyl groups is 1. The first kappa shape index (κ1) is 11.2. The van der Waals surface area contributed by atoms with Crippen molar-refractivity contribution in [3.05, 3.63) is 34.3 Å². The second kappa shape index (κ2) is 4.11. The highest BCUT2D eigenvalue weighted by Gasteiger charge is 2.35. The number of halogens is 1. The summed E-state index contributed by atoms with van der Waals surface area (Å²) in [5.74, 6) is -1.22. The lowest BCUT2D eigenvalue weighted by molar-refractivity contribution is -0.160. The number of hydrogen-bond acceptors (Lipinski definition) is 2. The van der Waals surface area contributed by atoms with Crippen molar-refractivity contribution in [2.45, 2.75) is 18.9 Å². The molecule has 0 spiro atoms. The summed E-state index contributed by atoms with van der Waals surface area (Å²) in [7, 11) is 0. The van der Waals surface area contributed by atoms with E-state index in [0.717, 1.165) is 4.47 Å². The van der Waals surface area contributed by atoms with Gasteiger partial charge in [0.2, 0.25) is 0 Å². The van der Waals surface area contributed by atoms with Gasteiger partial charge in [-0.15, -0.1) is 0 Å². The molecule has 1 aromatic rings. The molecule has 1 atom stereocenters. The zero-order valence-electron chi connectivity index (χ0n) is 7.70. The molecule has 0 radical (unpaired) electrons. The molecule has 0 fully saturated rings. The fraction of sp³-hybridized carbons (Fsp3) is 0.300. The van der Waals surface area contributed by atoms with Crippen LogP contribution < -0.4 is 0 Å². The summed E-state index contributed by atoms with van der Waals surface area (Å²) in [5, 5.41) is 18.7. The van der Waals surface area contributed by atoms with Crippen LogP contribution in [0.25, 0.3) is 0 Å². The Labute approximate surface area is 90.5 Å². The summed E-state index contributed by atoms with van der Waals surface area (Å²) in [6.07, 6.45) is 0.143. The number of carboxylic acids is 1. The summed E-state index contributed by atoms with van der Waals surface area (Å²) in [6, 6.07) is 6.61. The lowest BCUT2D eigenvalue weighted by atomic mass is 9.91. The van der Waals surface area contributed by atoms with Crippen LogP contribution in [0.3, 0.4) is 0 Å². The van der Waals surface area contributed by atoms with E-state index in [1.54, 1.807) is 31.2 Å². The second-order valence-electron chi connectivity index (χ2n) is 3.03. The van der Waals surface area contributed by atoms with Crippen molar-refractivity contribution in [1.82, 2.24) is 0 Å². The van der Waals surface area contributed by atoms with E-state index in [-0.39, 0.29) is 6.42 Å². The van der Waals surface area contributed by atoms with Gasteiger partial charge in [0, 0.05) is 4.47 Å². The Hall–Kier alpha value is -0.870. The van der Waals surface area contributed by atoms with Crippen LogP contribution in [0.15, 0.2) is 28.7 Å². The van der Waals surface area contributed by atoms with E-state index >= 15 is 0 Å². The maximum Gasteiger partial charge on any atom is 0.340 e. The van der Waals surface area contributed by atoms with Gasteiger partial charge >= 0.3 is 5.97 Å². The van der Waals surface area contributed by atoms with Crippen LogP contribution in [-0.2, 0) is 10.4 Å². The third-order valence-corrected chi connectivity index (χ3v) is 2.72. The average Bonchev–Trinajstić information content (AvgIpc) is 2.17. The van der Waals surface area contributed by atoms with Gasteiger partial charge in [-0.3, -0.25) is 0 Å². The van der Waals surface area contributed by atoms with E-state index in [9.17, 15) is 9.90 Å². The van der Waals surface area contributed by atoms with Crippen molar-refractivity contribution in [2.24, 2.45) is 0 Å². The molecule has 14 heavy (non-hydrogen) atoms. The Morgan fingerprint density at radius 3 is 2.29 bits per heavy atom. The zero-order chi connectivity index (χ0) is 10.8. The van der Waals surface area contributed by atoms with Gasteiger partial charge in [-0.1, -0.05) is 35.0 Å². The van der Waals surface area contributed by atoms with E-state index < -0.39 is 11.6 Å². The summed E-state index contributed by atoms with van der Waals surface area (Å²) in [6.45, 7) is 1.64. The van der Waals surface area contributed by atoms with Crippen LogP contribution in [0.4, 0.5) is 0 Å². The monoisotopic (exact) mass is 258 g/mol. The van der Waals surface area contributed by atoms with Crippen LogP contribution in [-0.4, -0.2) is 16.2 Å². The quantitative estimate of drug-likeness (QED) is 0.874. The first-order valence-electron chi connectivity index (χ1n) is 4.22. The van der Waals surface area contributed by atoms with Crippen molar-refractivity contribution >= 4 is 21.9 Å². The minimum Gasteiger partial charge on any atom is -0.479 e. The molecule has 0 heterocycles. The van der Waals surface area contributed by atoms with Gasteiger partial charge in [-0.2, -0.15) is 0 Å². The van der Waals surface area contributed by atoms with E-state index in [0.29, 0.717) is 5.56 Å². The first-order valence-corrected chi connectivity index (χ1v) is 5.02. The standard InChI is InChI=1S/C10H11BrO3/c1-2-10(14,9(12)13)7-3-5-8(11)6-4-7/h3-6,14H,2H2,1H3,(H,12,13). The van der Waals surface area contributed by atoms with Gasteiger partial charge in [0.15, 0.2) is 5.60 Å². The van der Waals surface area contributed by atoms with Crippen LogP contribution >= 0.6 is 15.9 Å². The van der Waals surface area contributed by atoms with Gasteiger partial charge < -0.3 is 10.2 Å². The largest absolute Gasteiger partial charge is 0.479 e. The minimum absolute atomic E-state index is 0.143. The van der Waals surface area contributed by atoms with Gasteiger partial charge in [-0.25, -0.2) is 4.79 Å². The minimum atomic E-state index is -1.78. The maximum absolute atomic E-state index is 10.9. The van der Waals surface area contributed by atoms with Gasteiger partial charge in [0.1, 0.15) is 0 Å². The van der Waals surface area contributed by atoms with E-state index in [1.807, 2.05) is 0 Å². The number of benzene rings is 1. The molecule has 0 aliphatic heterocycles. The van der Waals surface area contributed by atoms with E-state index in [1.165, 1.54) is 0 Å². The van der Waals surface area contributed by atoms with Crippen LogP contribution in [0.1, 0.15) is 18.9 Å². The number of hydrogen-bond donors (Lipinski definition) is 2. The fourth-order valence-corrected chi connectivity index (χ4v) is 1.47. The molecule has 0 aliphatic rings.